The summed E-state index contributed by atoms with van der Waals surface area (Å²) in [5.74, 6) is -3.25. The molecule has 0 heterocycles. The number of aliphatic hydroxyl groups is 1. The third-order valence-corrected chi connectivity index (χ3v) is 8.44. The summed E-state index contributed by atoms with van der Waals surface area (Å²) in [6.45, 7) is 6.13. The third-order valence-electron chi connectivity index (χ3n) is 8.44. The van der Waals surface area contributed by atoms with E-state index in [9.17, 15) is 37.5 Å². The molecule has 7 N–H and O–H groups in total. The largest absolute Gasteiger partial charge is 0.416 e. The Bertz CT molecular complexity index is 1580. The maximum Gasteiger partial charge on any atom is 0.416 e. The lowest BCUT2D eigenvalue weighted by molar-refractivity contribution is -0.213. The van der Waals surface area contributed by atoms with Crippen LogP contribution >= 0.6 is 0 Å². The topological polar surface area (TPSA) is 163 Å². The Labute approximate surface area is 296 Å². The van der Waals surface area contributed by atoms with Gasteiger partial charge in [0.25, 0.3) is 5.91 Å². The fourth-order valence-corrected chi connectivity index (χ4v) is 5.37. The number of amides is 4. The molecule has 10 nitrogen and oxygen atoms in total. The number of carbonyl (C=O) groups excluding carboxylic acids is 4. The molecule has 0 saturated heterocycles. The molecule has 276 valence electrons. The van der Waals surface area contributed by atoms with Gasteiger partial charge >= 0.3 is 6.18 Å². The van der Waals surface area contributed by atoms with E-state index in [1.807, 2.05) is 60.7 Å². The van der Waals surface area contributed by atoms with Gasteiger partial charge in [-0.2, -0.15) is 13.2 Å². The van der Waals surface area contributed by atoms with Crippen molar-refractivity contribution in [2.24, 2.45) is 11.7 Å². The van der Waals surface area contributed by atoms with E-state index in [-0.39, 0.29) is 31.7 Å². The number of benzene rings is 3. The first-order chi connectivity index (χ1) is 24.0. The molecule has 0 aliphatic carbocycles. The summed E-state index contributed by atoms with van der Waals surface area (Å²) in [4.78, 5) is 53.9. The van der Waals surface area contributed by atoms with Gasteiger partial charge in [0.15, 0.2) is 6.10 Å². The van der Waals surface area contributed by atoms with Crippen LogP contribution in [-0.2, 0) is 20.8 Å². The number of hydrogen-bond acceptors (Lipinski definition) is 6. The number of nitrogens with one attached hydrogen (secondary N) is 4. The number of alkyl halides is 3. The zero-order valence-electron chi connectivity index (χ0n) is 29.3. The molecule has 0 radical (unpaired) electrons. The molecule has 4 amide bonds. The van der Waals surface area contributed by atoms with Crippen molar-refractivity contribution in [2.45, 2.75) is 89.3 Å². The normalized spacial score (nSPS) is 14.2. The van der Waals surface area contributed by atoms with Crippen LogP contribution in [0.4, 0.5) is 13.2 Å². The van der Waals surface area contributed by atoms with Crippen molar-refractivity contribution < 1.29 is 37.5 Å². The lowest BCUT2D eigenvalue weighted by atomic mass is 9.97. The molecule has 0 bridgehead atoms. The van der Waals surface area contributed by atoms with Crippen LogP contribution < -0.4 is 27.0 Å². The molecule has 0 aliphatic heterocycles. The van der Waals surface area contributed by atoms with Gasteiger partial charge in [0.1, 0.15) is 17.6 Å². The molecule has 0 aromatic heterocycles. The van der Waals surface area contributed by atoms with Crippen molar-refractivity contribution in [1.29, 1.82) is 0 Å². The first-order valence-electron chi connectivity index (χ1n) is 16.9. The van der Waals surface area contributed by atoms with Gasteiger partial charge in [0.05, 0.1) is 6.04 Å². The van der Waals surface area contributed by atoms with Crippen LogP contribution in [0, 0.1) is 5.92 Å². The van der Waals surface area contributed by atoms with Gasteiger partial charge in [-0.1, -0.05) is 86.6 Å². The summed E-state index contributed by atoms with van der Waals surface area (Å²) < 4.78 is 40.0. The maximum atomic E-state index is 13.7. The summed E-state index contributed by atoms with van der Waals surface area (Å²) in [6, 6.07) is 21.8. The zero-order chi connectivity index (χ0) is 37.8. The summed E-state index contributed by atoms with van der Waals surface area (Å²) in [5.41, 5.74) is 6.79. The molecule has 13 heteroatoms. The highest BCUT2D eigenvalue weighted by Gasteiger charge is 2.45. The van der Waals surface area contributed by atoms with Crippen molar-refractivity contribution in [3.63, 3.8) is 0 Å². The Balaban J connectivity index is 1.77. The molecule has 4 atom stereocenters. The van der Waals surface area contributed by atoms with E-state index in [4.69, 9.17) is 5.73 Å². The van der Waals surface area contributed by atoms with Crippen molar-refractivity contribution in [1.82, 2.24) is 21.3 Å². The Hall–Kier alpha value is -4.75. The Morgan fingerprint density at radius 1 is 0.765 bits per heavy atom. The Morgan fingerprint density at radius 2 is 1.33 bits per heavy atom. The van der Waals surface area contributed by atoms with Gasteiger partial charge < -0.3 is 32.1 Å². The predicted octanol–water partition coefficient (Wildman–Crippen LogP) is 4.27. The van der Waals surface area contributed by atoms with Crippen LogP contribution in [0.5, 0.6) is 0 Å². The van der Waals surface area contributed by atoms with Crippen molar-refractivity contribution in [3.05, 3.63) is 96.1 Å². The van der Waals surface area contributed by atoms with E-state index < -0.39 is 59.6 Å². The monoisotopic (exact) mass is 711 g/mol. The molecule has 51 heavy (non-hydrogen) atoms. The number of nitrogens with two attached hydrogens (primary N) is 1. The average molecular weight is 712 g/mol. The van der Waals surface area contributed by atoms with Gasteiger partial charge in [0, 0.05) is 5.56 Å². The van der Waals surface area contributed by atoms with Crippen LogP contribution in [0.2, 0.25) is 0 Å². The van der Waals surface area contributed by atoms with Gasteiger partial charge in [-0.3, -0.25) is 19.2 Å². The average Bonchev–Trinajstić information content (AvgIpc) is 3.10. The van der Waals surface area contributed by atoms with Gasteiger partial charge in [-0.05, 0) is 80.8 Å². The molecule has 0 fully saturated rings. The lowest BCUT2D eigenvalue weighted by Crippen LogP contribution is -2.63. The molecule has 0 spiro atoms. The van der Waals surface area contributed by atoms with Gasteiger partial charge in [0.2, 0.25) is 17.7 Å². The maximum absolute atomic E-state index is 13.7. The molecule has 0 saturated carbocycles. The van der Waals surface area contributed by atoms with Crippen molar-refractivity contribution >= 4 is 23.6 Å². The van der Waals surface area contributed by atoms with E-state index >= 15 is 0 Å². The minimum atomic E-state index is -5.00. The smallest absolute Gasteiger partial charge is 0.382 e. The van der Waals surface area contributed by atoms with Crippen LogP contribution in [0.3, 0.4) is 0 Å². The summed E-state index contributed by atoms with van der Waals surface area (Å²) in [7, 11) is 0. The molecule has 3 aromatic carbocycles. The second-order valence-corrected chi connectivity index (χ2v) is 13.3. The van der Waals surface area contributed by atoms with Crippen molar-refractivity contribution in [2.75, 3.05) is 6.54 Å². The molecule has 3 rings (SSSR count). The zero-order valence-corrected chi connectivity index (χ0v) is 29.3. The first kappa shape index (κ1) is 40.7. The first-order valence-corrected chi connectivity index (χ1v) is 16.9. The number of aryl methyl sites for hydroxylation is 1. The van der Waals surface area contributed by atoms with Crippen LogP contribution in [0.15, 0.2) is 84.9 Å². The molecular formula is C38H48F3N5O5. The van der Waals surface area contributed by atoms with Gasteiger partial charge in [-0.25, -0.2) is 0 Å². The van der Waals surface area contributed by atoms with Crippen LogP contribution in [0.25, 0.3) is 11.1 Å². The standard InChI is InChI=1S/C38H48F3N5O5/c1-24(2)31(45-33(48)28-20-18-27(19-21-28)26-14-9-6-10-15-26)35(50)43-30(22-17-25-12-7-5-8-13-25)34(49)46-37(3,4)36(51)44-29(16-11-23-42)32(47)38(39,40)41/h5-10,12-15,18-21,24,29-32,47H,11,16-17,22-23,42H2,1-4H3,(H,43,50)(H,44,51)(H,45,48)(H,46,49). The van der Waals surface area contributed by atoms with Crippen LogP contribution in [0.1, 0.15) is 62.9 Å². The molecular weight excluding hydrogens is 663 g/mol. The SMILES string of the molecule is CC(C)C(NC(=O)c1ccc(-c2ccccc2)cc1)C(=O)NC(CCc1ccccc1)C(=O)NC(C)(C)C(=O)NC(CCCN)C(O)C(F)(F)F. The molecule has 4 unspecified atom stereocenters. The van der Waals surface area contributed by atoms with E-state index in [2.05, 4.69) is 21.3 Å². The summed E-state index contributed by atoms with van der Waals surface area (Å²) in [5, 5.41) is 20.1. The number of carbonyl (C=O) groups is 4. The number of aliphatic hydroxyl groups excluding tert-OH is 1. The second kappa shape index (κ2) is 18.5. The third kappa shape index (κ3) is 12.2. The number of hydrogen-bond donors (Lipinski definition) is 6. The lowest BCUT2D eigenvalue weighted by Gasteiger charge is -2.32. The quantitative estimate of drug-likeness (QED) is 0.123. The summed E-state index contributed by atoms with van der Waals surface area (Å²) >= 11 is 0. The fourth-order valence-electron chi connectivity index (χ4n) is 5.37. The van der Waals surface area contributed by atoms with Crippen LogP contribution in [-0.4, -0.2) is 71.2 Å². The highest BCUT2D eigenvalue weighted by Crippen LogP contribution is 2.25. The van der Waals surface area contributed by atoms with Gasteiger partial charge in [-0.15, -0.1) is 0 Å². The summed E-state index contributed by atoms with van der Waals surface area (Å²) in [6.07, 6.45) is -7.53. The minimum absolute atomic E-state index is 0.0399. The highest BCUT2D eigenvalue weighted by molar-refractivity contribution is 5.99. The Morgan fingerprint density at radius 3 is 1.88 bits per heavy atom. The van der Waals surface area contributed by atoms with Crippen molar-refractivity contribution in [3.8, 4) is 11.1 Å². The highest BCUT2D eigenvalue weighted by atomic mass is 19.4. The van der Waals surface area contributed by atoms with E-state index in [0.717, 1.165) is 16.7 Å². The predicted molar refractivity (Wildman–Crippen MR) is 189 cm³/mol. The van der Waals surface area contributed by atoms with E-state index in [0.29, 0.717) is 12.0 Å². The number of rotatable bonds is 17. The van der Waals surface area contributed by atoms with E-state index in [1.165, 1.54) is 13.8 Å². The minimum Gasteiger partial charge on any atom is -0.382 e. The number of halogens is 3. The van der Waals surface area contributed by atoms with E-state index in [1.54, 1.807) is 38.1 Å². The Kier molecular flexibility index (Phi) is 14.7. The second-order valence-electron chi connectivity index (χ2n) is 13.3. The molecule has 3 aromatic rings. The molecule has 0 aliphatic rings. The fraction of sp³-hybridized carbons (Fsp3) is 0.421.